The van der Waals surface area contributed by atoms with Gasteiger partial charge in [0.1, 0.15) is 16.8 Å². The molecule has 3 rings (SSSR count). The fraction of sp³-hybridized carbons (Fsp3) is 0.400. The quantitative estimate of drug-likeness (QED) is 0.537. The summed E-state index contributed by atoms with van der Waals surface area (Å²) in [6, 6.07) is 10.6. The number of rotatable bonds is 10. The monoisotopic (exact) mass is 503 g/mol. The summed E-state index contributed by atoms with van der Waals surface area (Å²) in [5.41, 5.74) is 0.689. The number of halogens is 1. The van der Waals surface area contributed by atoms with E-state index in [9.17, 15) is 27.2 Å². The molecule has 2 atom stereocenters. The zero-order chi connectivity index (χ0) is 25.8. The molecule has 2 aromatic carbocycles. The molecule has 0 fully saturated rings. The van der Waals surface area contributed by atoms with Crippen LogP contribution in [0.1, 0.15) is 56.0 Å². The molecule has 0 bridgehead atoms. The predicted molar refractivity (Wildman–Crippen MR) is 128 cm³/mol. The molecule has 0 radical (unpaired) electrons. The summed E-state index contributed by atoms with van der Waals surface area (Å²) in [7, 11) is -4.05. The highest BCUT2D eigenvalue weighted by Crippen LogP contribution is 2.30. The Morgan fingerprint density at radius 3 is 2.31 bits per heavy atom. The first-order chi connectivity index (χ1) is 16.6. The Balaban J connectivity index is 1.82. The minimum atomic E-state index is -4.05. The van der Waals surface area contributed by atoms with Crippen LogP contribution < -0.4 is 5.32 Å². The fourth-order valence-corrected chi connectivity index (χ4v) is 5.51. The number of carbonyl (C=O) groups excluding carboxylic acids is 3. The second-order valence-electron chi connectivity index (χ2n) is 8.52. The van der Waals surface area contributed by atoms with Crippen molar-refractivity contribution in [1.29, 1.82) is 0 Å². The lowest BCUT2D eigenvalue weighted by atomic mass is 10.1. The Hall–Kier alpha value is -3.27. The molecule has 1 aliphatic heterocycles. The van der Waals surface area contributed by atoms with Crippen molar-refractivity contribution in [3.8, 4) is 0 Å². The van der Waals surface area contributed by atoms with Crippen molar-refractivity contribution >= 4 is 27.7 Å². The van der Waals surface area contributed by atoms with E-state index < -0.39 is 33.7 Å². The molecule has 0 spiro atoms. The Morgan fingerprint density at radius 2 is 1.71 bits per heavy atom. The van der Waals surface area contributed by atoms with E-state index in [1.54, 1.807) is 13.0 Å². The van der Waals surface area contributed by atoms with E-state index in [4.69, 9.17) is 0 Å². The molecular formula is C25H30FN3O5S. The van der Waals surface area contributed by atoms with Gasteiger partial charge in [0.25, 0.3) is 15.9 Å². The van der Waals surface area contributed by atoms with Gasteiger partial charge in [0.15, 0.2) is 0 Å². The van der Waals surface area contributed by atoms with Gasteiger partial charge < -0.3 is 10.2 Å². The van der Waals surface area contributed by atoms with Crippen LogP contribution in [0.3, 0.4) is 0 Å². The summed E-state index contributed by atoms with van der Waals surface area (Å²) in [4.78, 5) is 40.3. The van der Waals surface area contributed by atoms with Gasteiger partial charge in [-0.3, -0.25) is 14.4 Å². The molecule has 0 saturated heterocycles. The number of nitrogens with zero attached hydrogens (tertiary/aromatic N) is 2. The standard InChI is InChI=1S/C25H30FN3O5S/c1-4-17(3)27-24(31)21(5-2)28(16-18-10-12-19(26)13-11-18)23(30)14-15-29-25(32)20-8-6-7-9-22(20)35(29,33)34/h6-13,17,21H,4-5,14-16H2,1-3H3,(H,27,31)/t17-,21-/m1/s1. The van der Waals surface area contributed by atoms with Crippen molar-refractivity contribution in [3.63, 3.8) is 0 Å². The van der Waals surface area contributed by atoms with E-state index in [0.29, 0.717) is 22.7 Å². The van der Waals surface area contributed by atoms with Gasteiger partial charge in [-0.25, -0.2) is 17.1 Å². The van der Waals surface area contributed by atoms with Crippen LogP contribution in [-0.4, -0.2) is 54.0 Å². The Morgan fingerprint density at radius 1 is 1.06 bits per heavy atom. The maximum absolute atomic E-state index is 13.4. The highest BCUT2D eigenvalue weighted by Gasteiger charge is 2.41. The van der Waals surface area contributed by atoms with Gasteiger partial charge in [0.05, 0.1) is 5.56 Å². The van der Waals surface area contributed by atoms with E-state index in [1.807, 2.05) is 13.8 Å². The highest BCUT2D eigenvalue weighted by molar-refractivity contribution is 7.90. The third-order valence-electron chi connectivity index (χ3n) is 6.09. The number of hydrogen-bond acceptors (Lipinski definition) is 5. The Kier molecular flexibility index (Phi) is 8.26. The van der Waals surface area contributed by atoms with Gasteiger partial charge in [-0.05, 0) is 49.6 Å². The SMILES string of the molecule is CC[C@@H](C)NC(=O)[C@@H](CC)N(Cc1ccc(F)cc1)C(=O)CCN1C(=O)c2ccccc2S1(=O)=O. The zero-order valence-electron chi connectivity index (χ0n) is 20.0. The molecule has 1 aliphatic rings. The van der Waals surface area contributed by atoms with Crippen molar-refractivity contribution in [1.82, 2.24) is 14.5 Å². The van der Waals surface area contributed by atoms with E-state index in [2.05, 4.69) is 5.32 Å². The maximum atomic E-state index is 13.4. The number of benzene rings is 2. The minimum absolute atomic E-state index is 0.0342. The molecule has 10 heteroatoms. The summed E-state index contributed by atoms with van der Waals surface area (Å²) >= 11 is 0. The van der Waals surface area contributed by atoms with Crippen LogP contribution in [0, 0.1) is 5.82 Å². The molecule has 1 N–H and O–H groups in total. The lowest BCUT2D eigenvalue weighted by Gasteiger charge is -2.32. The van der Waals surface area contributed by atoms with Crippen LogP contribution in [0.15, 0.2) is 53.4 Å². The van der Waals surface area contributed by atoms with Gasteiger partial charge in [-0.2, -0.15) is 0 Å². The molecule has 0 saturated carbocycles. The normalized spacial score (nSPS) is 15.9. The molecule has 188 valence electrons. The van der Waals surface area contributed by atoms with Gasteiger partial charge >= 0.3 is 0 Å². The third kappa shape index (κ3) is 5.70. The molecule has 1 heterocycles. The van der Waals surface area contributed by atoms with E-state index in [1.165, 1.54) is 47.4 Å². The average Bonchev–Trinajstić information content (AvgIpc) is 3.03. The number of amides is 3. The van der Waals surface area contributed by atoms with E-state index in [0.717, 1.165) is 0 Å². The zero-order valence-corrected chi connectivity index (χ0v) is 20.8. The largest absolute Gasteiger partial charge is 0.352 e. The number of fused-ring (bicyclic) bond motifs is 1. The first kappa shape index (κ1) is 26.3. The lowest BCUT2D eigenvalue weighted by molar-refractivity contribution is -0.141. The molecule has 35 heavy (non-hydrogen) atoms. The Bertz CT molecular complexity index is 1200. The summed E-state index contributed by atoms with van der Waals surface area (Å²) in [5.74, 6) is -1.92. The van der Waals surface area contributed by atoms with Crippen LogP contribution in [-0.2, 0) is 26.2 Å². The number of nitrogens with one attached hydrogen (secondary N) is 1. The van der Waals surface area contributed by atoms with Gasteiger partial charge in [-0.1, -0.05) is 38.1 Å². The van der Waals surface area contributed by atoms with Crippen LogP contribution in [0.5, 0.6) is 0 Å². The highest BCUT2D eigenvalue weighted by atomic mass is 32.2. The molecule has 2 aromatic rings. The van der Waals surface area contributed by atoms with Crippen LogP contribution in [0.4, 0.5) is 4.39 Å². The number of sulfonamides is 1. The Labute approximate surface area is 205 Å². The second-order valence-corrected chi connectivity index (χ2v) is 10.3. The molecule has 8 nitrogen and oxygen atoms in total. The van der Waals surface area contributed by atoms with Crippen molar-refractivity contribution in [3.05, 3.63) is 65.5 Å². The van der Waals surface area contributed by atoms with Crippen LogP contribution >= 0.6 is 0 Å². The number of hydrogen-bond donors (Lipinski definition) is 1. The first-order valence-electron chi connectivity index (χ1n) is 11.6. The van der Waals surface area contributed by atoms with Crippen molar-refractivity contribution in [2.45, 2.75) is 63.6 Å². The van der Waals surface area contributed by atoms with Gasteiger partial charge in [0.2, 0.25) is 11.8 Å². The molecule has 0 aliphatic carbocycles. The van der Waals surface area contributed by atoms with E-state index in [-0.39, 0.29) is 41.9 Å². The van der Waals surface area contributed by atoms with Crippen LogP contribution in [0.2, 0.25) is 0 Å². The first-order valence-corrected chi connectivity index (χ1v) is 13.0. The van der Waals surface area contributed by atoms with E-state index >= 15 is 0 Å². The fourth-order valence-electron chi connectivity index (χ4n) is 3.94. The van der Waals surface area contributed by atoms with Gasteiger partial charge in [0, 0.05) is 25.6 Å². The summed E-state index contributed by atoms with van der Waals surface area (Å²) in [6.45, 7) is 5.25. The molecule has 0 unspecified atom stereocenters. The van der Waals surface area contributed by atoms with Crippen molar-refractivity contribution in [2.24, 2.45) is 0 Å². The predicted octanol–water partition coefficient (Wildman–Crippen LogP) is 3.08. The smallest absolute Gasteiger partial charge is 0.269 e. The van der Waals surface area contributed by atoms with Crippen LogP contribution in [0.25, 0.3) is 0 Å². The maximum Gasteiger partial charge on any atom is 0.269 e. The minimum Gasteiger partial charge on any atom is -0.352 e. The molecular weight excluding hydrogens is 473 g/mol. The summed E-state index contributed by atoms with van der Waals surface area (Å²) < 4.78 is 39.8. The summed E-state index contributed by atoms with van der Waals surface area (Å²) in [5, 5.41) is 2.89. The van der Waals surface area contributed by atoms with Crippen molar-refractivity contribution in [2.75, 3.05) is 6.54 Å². The summed E-state index contributed by atoms with van der Waals surface area (Å²) in [6.07, 6.45) is 0.735. The third-order valence-corrected chi connectivity index (χ3v) is 7.93. The topological polar surface area (TPSA) is 104 Å². The number of carbonyl (C=O) groups is 3. The second kappa shape index (κ2) is 11.0. The molecule has 3 amide bonds. The van der Waals surface area contributed by atoms with Gasteiger partial charge in [-0.15, -0.1) is 0 Å². The lowest BCUT2D eigenvalue weighted by Crippen LogP contribution is -2.51. The average molecular weight is 504 g/mol. The molecule has 0 aromatic heterocycles. The van der Waals surface area contributed by atoms with Crippen molar-refractivity contribution < 1.29 is 27.2 Å².